The van der Waals surface area contributed by atoms with Crippen molar-refractivity contribution in [3.8, 4) is 5.75 Å². The van der Waals surface area contributed by atoms with E-state index in [1.807, 2.05) is 0 Å². The van der Waals surface area contributed by atoms with Gasteiger partial charge in [0.2, 0.25) is 0 Å². The van der Waals surface area contributed by atoms with E-state index in [1.165, 1.54) is 12.1 Å². The van der Waals surface area contributed by atoms with Crippen molar-refractivity contribution in [1.29, 1.82) is 0 Å². The zero-order valence-electron chi connectivity index (χ0n) is 18.4. The molecule has 1 aliphatic carbocycles. The van der Waals surface area contributed by atoms with E-state index >= 15 is 0 Å². The molecule has 1 aromatic heterocycles. The minimum atomic E-state index is -0.518. The Balaban J connectivity index is 1.10. The summed E-state index contributed by atoms with van der Waals surface area (Å²) in [5, 5.41) is 8.13. The number of halogens is 3. The smallest absolute Gasteiger partial charge is 0.287 e. The van der Waals surface area contributed by atoms with Crippen molar-refractivity contribution in [2.24, 2.45) is 0 Å². The van der Waals surface area contributed by atoms with Gasteiger partial charge in [0, 0.05) is 35.1 Å². The molecule has 1 amide bonds. The van der Waals surface area contributed by atoms with Crippen molar-refractivity contribution in [3.05, 3.63) is 64.1 Å². The largest absolute Gasteiger partial charge is 0.481 e. The van der Waals surface area contributed by atoms with E-state index < -0.39 is 11.4 Å². The Morgan fingerprint density at radius 2 is 1.82 bits per heavy atom. The van der Waals surface area contributed by atoms with E-state index in [9.17, 15) is 9.18 Å². The van der Waals surface area contributed by atoms with Gasteiger partial charge >= 0.3 is 0 Å². The van der Waals surface area contributed by atoms with Gasteiger partial charge in [-0.05, 0) is 62.1 Å². The third-order valence-corrected chi connectivity index (χ3v) is 6.97. The molecule has 0 unspecified atom stereocenters. The number of nitrogens with one attached hydrogen (secondary N) is 2. The highest BCUT2D eigenvalue weighted by atomic mass is 35.5. The number of hydrogen-bond acceptors (Lipinski definition) is 5. The van der Waals surface area contributed by atoms with Crippen molar-refractivity contribution in [1.82, 2.24) is 10.6 Å². The molecule has 2 fully saturated rings. The van der Waals surface area contributed by atoms with E-state index in [-0.39, 0.29) is 17.0 Å². The van der Waals surface area contributed by atoms with Gasteiger partial charge in [0.05, 0.1) is 18.2 Å². The summed E-state index contributed by atoms with van der Waals surface area (Å²) in [6.07, 6.45) is 3.57. The first-order valence-corrected chi connectivity index (χ1v) is 12.1. The first-order chi connectivity index (χ1) is 16.4. The minimum absolute atomic E-state index is 0.0676. The molecule has 180 valence electrons. The summed E-state index contributed by atoms with van der Waals surface area (Å²) in [6.45, 7) is 1.48. The van der Waals surface area contributed by atoms with E-state index in [4.69, 9.17) is 37.1 Å². The lowest BCUT2D eigenvalue weighted by Crippen LogP contribution is -2.61. The monoisotopic (exact) mass is 506 g/mol. The lowest BCUT2D eigenvalue weighted by atomic mass is 9.90. The van der Waals surface area contributed by atoms with E-state index in [2.05, 4.69) is 10.6 Å². The molecule has 0 spiro atoms. The van der Waals surface area contributed by atoms with Crippen molar-refractivity contribution in [3.63, 3.8) is 0 Å². The average molecular weight is 507 g/mol. The molecular formula is C25H25Cl2FN2O4. The first-order valence-electron chi connectivity index (χ1n) is 11.3. The molecule has 34 heavy (non-hydrogen) atoms. The Morgan fingerprint density at radius 1 is 1.06 bits per heavy atom. The van der Waals surface area contributed by atoms with Gasteiger partial charge in [-0.3, -0.25) is 4.79 Å². The van der Waals surface area contributed by atoms with Crippen LogP contribution in [0.2, 0.25) is 10.0 Å². The summed E-state index contributed by atoms with van der Waals surface area (Å²) in [5.41, 5.74) is 0.120. The van der Waals surface area contributed by atoms with Crippen LogP contribution in [0.3, 0.4) is 0 Å². The van der Waals surface area contributed by atoms with Gasteiger partial charge in [0.15, 0.2) is 11.4 Å². The molecule has 6 nitrogen and oxygen atoms in total. The van der Waals surface area contributed by atoms with Gasteiger partial charge in [0.1, 0.15) is 17.1 Å². The quantitative estimate of drug-likeness (QED) is 0.451. The number of rotatable bonds is 7. The molecular weight excluding hydrogens is 482 g/mol. The fraction of sp³-hybridized carbons (Fsp3) is 0.400. The number of ether oxygens (including phenoxy) is 2. The highest BCUT2D eigenvalue weighted by Gasteiger charge is 2.42. The third-order valence-electron chi connectivity index (χ3n) is 6.43. The predicted octanol–water partition coefficient (Wildman–Crippen LogP) is 5.36. The Morgan fingerprint density at radius 3 is 2.53 bits per heavy atom. The van der Waals surface area contributed by atoms with Crippen LogP contribution in [0.15, 0.2) is 46.9 Å². The van der Waals surface area contributed by atoms with Gasteiger partial charge in [0.25, 0.3) is 5.91 Å². The second-order valence-electron chi connectivity index (χ2n) is 9.05. The highest BCUT2D eigenvalue weighted by molar-refractivity contribution is 6.31. The number of fused-ring (bicyclic) bond motifs is 1. The van der Waals surface area contributed by atoms with Crippen LogP contribution >= 0.6 is 23.2 Å². The summed E-state index contributed by atoms with van der Waals surface area (Å²) in [5.74, 6) is 0.0127. The average Bonchev–Trinajstić information content (AvgIpc) is 3.22. The lowest BCUT2D eigenvalue weighted by molar-refractivity contribution is -0.159. The first kappa shape index (κ1) is 23.4. The Kier molecular flexibility index (Phi) is 6.71. The van der Waals surface area contributed by atoms with Gasteiger partial charge < -0.3 is 24.5 Å². The molecule has 0 radical (unpaired) electrons. The molecule has 9 heteroatoms. The van der Waals surface area contributed by atoms with Crippen LogP contribution in [0.1, 0.15) is 36.2 Å². The molecule has 2 heterocycles. The second-order valence-corrected chi connectivity index (χ2v) is 9.89. The number of hydrogen-bond donors (Lipinski definition) is 2. The normalized spacial score (nSPS) is 21.7. The van der Waals surface area contributed by atoms with E-state index in [0.717, 1.165) is 31.1 Å². The van der Waals surface area contributed by atoms with Gasteiger partial charge in [-0.15, -0.1) is 0 Å². The lowest BCUT2D eigenvalue weighted by Gasteiger charge is -2.43. The highest BCUT2D eigenvalue weighted by Crippen LogP contribution is 2.29. The molecule has 1 saturated heterocycles. The summed E-state index contributed by atoms with van der Waals surface area (Å²) < 4.78 is 30.9. The molecule has 0 atom stereocenters. The van der Waals surface area contributed by atoms with Crippen LogP contribution in [-0.2, 0) is 4.74 Å². The molecule has 2 N–H and O–H groups in total. The second kappa shape index (κ2) is 9.74. The zero-order valence-corrected chi connectivity index (χ0v) is 19.9. The van der Waals surface area contributed by atoms with Gasteiger partial charge in [-0.1, -0.05) is 23.2 Å². The summed E-state index contributed by atoms with van der Waals surface area (Å²) in [7, 11) is 0. The molecule has 0 bridgehead atoms. The number of benzene rings is 2. The molecule has 2 aromatic carbocycles. The van der Waals surface area contributed by atoms with Crippen LogP contribution in [0.5, 0.6) is 5.75 Å². The van der Waals surface area contributed by atoms with Crippen LogP contribution in [0.4, 0.5) is 4.39 Å². The van der Waals surface area contributed by atoms with Crippen molar-refractivity contribution >= 4 is 40.1 Å². The molecule has 1 saturated carbocycles. The number of carbonyl (C=O) groups excluding carboxylic acids is 1. The van der Waals surface area contributed by atoms with Crippen LogP contribution in [-0.4, -0.2) is 43.4 Å². The number of amides is 1. The zero-order chi connectivity index (χ0) is 23.7. The summed E-state index contributed by atoms with van der Waals surface area (Å²) >= 11 is 11.8. The van der Waals surface area contributed by atoms with Crippen LogP contribution in [0.25, 0.3) is 11.0 Å². The SMILES string of the molecule is O=C(NC1CCC(NCC2(Oc3ccc(Cl)c(F)c3)COC2)CC1)c1cc2cc(Cl)ccc2o1. The Hall–Kier alpha value is -2.32. The van der Waals surface area contributed by atoms with Crippen molar-refractivity contribution < 1.29 is 23.1 Å². The predicted molar refractivity (Wildman–Crippen MR) is 128 cm³/mol. The third kappa shape index (κ3) is 5.18. The fourth-order valence-electron chi connectivity index (χ4n) is 4.47. The molecule has 3 aromatic rings. The molecule has 5 rings (SSSR count). The molecule has 2 aliphatic rings. The number of carbonyl (C=O) groups is 1. The minimum Gasteiger partial charge on any atom is -0.481 e. The van der Waals surface area contributed by atoms with Crippen LogP contribution < -0.4 is 15.4 Å². The van der Waals surface area contributed by atoms with Crippen LogP contribution in [0, 0.1) is 5.82 Å². The Bertz CT molecular complexity index is 1190. The summed E-state index contributed by atoms with van der Waals surface area (Å²) in [6, 6.07) is 11.9. The maximum atomic E-state index is 13.8. The van der Waals surface area contributed by atoms with E-state index in [1.54, 1.807) is 30.3 Å². The Labute approximate surface area is 206 Å². The standard InChI is InChI=1S/C25H25Cl2FN2O4/c26-16-1-8-22-15(9-16)10-23(33-22)24(31)30-18-4-2-17(3-5-18)29-12-25(13-32-14-25)34-19-6-7-20(27)21(28)11-19/h1,6-11,17-18,29H,2-5,12-14H2,(H,30,31). The number of furan rings is 1. The fourth-order valence-corrected chi connectivity index (χ4v) is 4.77. The maximum absolute atomic E-state index is 13.8. The van der Waals surface area contributed by atoms with Crippen molar-refractivity contribution in [2.75, 3.05) is 19.8 Å². The van der Waals surface area contributed by atoms with E-state index in [0.29, 0.717) is 47.9 Å². The van der Waals surface area contributed by atoms with Gasteiger partial charge in [-0.2, -0.15) is 0 Å². The maximum Gasteiger partial charge on any atom is 0.287 e. The summed E-state index contributed by atoms with van der Waals surface area (Å²) in [4.78, 5) is 12.7. The van der Waals surface area contributed by atoms with Gasteiger partial charge in [-0.25, -0.2) is 4.39 Å². The topological polar surface area (TPSA) is 72.7 Å². The van der Waals surface area contributed by atoms with Crippen molar-refractivity contribution in [2.45, 2.75) is 43.4 Å². The molecule has 1 aliphatic heterocycles.